The summed E-state index contributed by atoms with van der Waals surface area (Å²) in [7, 11) is 0. The van der Waals surface area contributed by atoms with Gasteiger partial charge in [0.15, 0.2) is 0 Å². The van der Waals surface area contributed by atoms with E-state index < -0.39 is 0 Å². The second-order valence-corrected chi connectivity index (χ2v) is 5.68. The number of rotatable bonds is 8. The van der Waals surface area contributed by atoms with Gasteiger partial charge in [-0.3, -0.25) is 0 Å². The molecule has 4 nitrogen and oxygen atoms in total. The molecule has 1 rings (SSSR count). The van der Waals surface area contributed by atoms with E-state index in [1.54, 1.807) is 0 Å². The second kappa shape index (κ2) is 6.90. The maximum atomic E-state index is 6.07. The highest BCUT2D eigenvalue weighted by Crippen LogP contribution is 2.09. The lowest BCUT2D eigenvalue weighted by Crippen LogP contribution is -2.35. The Morgan fingerprint density at radius 1 is 1.33 bits per heavy atom. The Kier molecular flexibility index (Phi) is 5.82. The minimum Gasteiger partial charge on any atom is -0.333 e. The van der Waals surface area contributed by atoms with Crippen LogP contribution in [-0.4, -0.2) is 39.6 Å². The van der Waals surface area contributed by atoms with Gasteiger partial charge >= 0.3 is 0 Å². The van der Waals surface area contributed by atoms with Gasteiger partial charge in [-0.1, -0.05) is 13.8 Å². The van der Waals surface area contributed by atoms with E-state index in [9.17, 15) is 0 Å². The summed E-state index contributed by atoms with van der Waals surface area (Å²) in [6, 6.07) is 0. The molecular weight excluding hydrogens is 224 g/mol. The van der Waals surface area contributed by atoms with Crippen LogP contribution in [0.15, 0.2) is 12.5 Å². The lowest BCUT2D eigenvalue weighted by Gasteiger charge is -2.22. The average Bonchev–Trinajstić information content (AvgIpc) is 2.69. The van der Waals surface area contributed by atoms with Crippen molar-refractivity contribution in [3.05, 3.63) is 18.2 Å². The number of hydrogen-bond donors (Lipinski definition) is 1. The first-order valence-electron chi connectivity index (χ1n) is 6.96. The molecule has 0 unspecified atom stereocenters. The topological polar surface area (TPSA) is 47.1 Å². The summed E-state index contributed by atoms with van der Waals surface area (Å²) in [5.74, 6) is 0. The third kappa shape index (κ3) is 5.19. The van der Waals surface area contributed by atoms with E-state index >= 15 is 0 Å². The van der Waals surface area contributed by atoms with Crippen LogP contribution in [0.1, 0.15) is 39.8 Å². The Labute approximate surface area is 111 Å². The summed E-state index contributed by atoms with van der Waals surface area (Å²) >= 11 is 0. The van der Waals surface area contributed by atoms with E-state index in [4.69, 9.17) is 5.73 Å². The molecule has 18 heavy (non-hydrogen) atoms. The first-order valence-corrected chi connectivity index (χ1v) is 6.96. The molecule has 1 aromatic rings. The minimum absolute atomic E-state index is 0.175. The predicted molar refractivity (Wildman–Crippen MR) is 76.6 cm³/mol. The number of hydrogen-bond acceptors (Lipinski definition) is 3. The molecular formula is C14H28N4. The molecule has 0 aliphatic rings. The zero-order valence-electron chi connectivity index (χ0n) is 12.3. The summed E-state index contributed by atoms with van der Waals surface area (Å²) in [6.07, 6.45) is 5.93. The molecule has 0 aliphatic carbocycles. The smallest absolute Gasteiger partial charge is 0.0948 e. The van der Waals surface area contributed by atoms with E-state index in [-0.39, 0.29) is 5.54 Å². The fourth-order valence-electron chi connectivity index (χ4n) is 2.16. The van der Waals surface area contributed by atoms with Crippen molar-refractivity contribution >= 4 is 0 Å². The van der Waals surface area contributed by atoms with Crippen LogP contribution in [0, 0.1) is 0 Å². The Morgan fingerprint density at radius 2 is 2.06 bits per heavy atom. The van der Waals surface area contributed by atoms with Crippen molar-refractivity contribution in [1.29, 1.82) is 0 Å². The summed E-state index contributed by atoms with van der Waals surface area (Å²) in [4.78, 5) is 6.71. The van der Waals surface area contributed by atoms with Crippen LogP contribution in [0.4, 0.5) is 0 Å². The SMILES string of the molecule is CCCN(CC)CCn1cncc1CC(C)(C)N. The third-order valence-electron chi connectivity index (χ3n) is 3.08. The van der Waals surface area contributed by atoms with E-state index in [0.717, 1.165) is 26.1 Å². The normalized spacial score (nSPS) is 12.3. The van der Waals surface area contributed by atoms with Gasteiger partial charge in [-0.05, 0) is 33.4 Å². The summed E-state index contributed by atoms with van der Waals surface area (Å²) in [5.41, 5.74) is 7.13. The van der Waals surface area contributed by atoms with E-state index in [1.807, 2.05) is 12.5 Å². The lowest BCUT2D eigenvalue weighted by molar-refractivity contribution is 0.275. The summed E-state index contributed by atoms with van der Waals surface area (Å²) in [6.45, 7) is 12.9. The molecule has 0 aromatic carbocycles. The van der Waals surface area contributed by atoms with Crippen molar-refractivity contribution < 1.29 is 0 Å². The first-order chi connectivity index (χ1) is 8.46. The number of nitrogens with two attached hydrogens (primary N) is 1. The maximum Gasteiger partial charge on any atom is 0.0948 e. The van der Waals surface area contributed by atoms with Gasteiger partial charge in [-0.15, -0.1) is 0 Å². The van der Waals surface area contributed by atoms with Gasteiger partial charge in [0.05, 0.1) is 6.33 Å². The highest BCUT2D eigenvalue weighted by molar-refractivity contribution is 5.03. The quantitative estimate of drug-likeness (QED) is 0.768. The van der Waals surface area contributed by atoms with Gasteiger partial charge in [-0.2, -0.15) is 0 Å². The monoisotopic (exact) mass is 252 g/mol. The van der Waals surface area contributed by atoms with Crippen molar-refractivity contribution in [2.45, 2.75) is 52.6 Å². The molecule has 1 heterocycles. The van der Waals surface area contributed by atoms with E-state index in [0.29, 0.717) is 0 Å². The molecule has 2 N–H and O–H groups in total. The maximum absolute atomic E-state index is 6.07. The summed E-state index contributed by atoms with van der Waals surface area (Å²) < 4.78 is 2.23. The Morgan fingerprint density at radius 3 is 2.61 bits per heavy atom. The number of nitrogens with zero attached hydrogens (tertiary/aromatic N) is 3. The fraction of sp³-hybridized carbons (Fsp3) is 0.786. The molecule has 0 atom stereocenters. The minimum atomic E-state index is -0.175. The molecule has 0 saturated carbocycles. The molecule has 0 aliphatic heterocycles. The van der Waals surface area contributed by atoms with Crippen LogP contribution >= 0.6 is 0 Å². The van der Waals surface area contributed by atoms with Gasteiger partial charge in [0.1, 0.15) is 0 Å². The molecule has 0 spiro atoms. The largest absolute Gasteiger partial charge is 0.333 e. The Hall–Kier alpha value is -0.870. The van der Waals surface area contributed by atoms with E-state index in [1.165, 1.54) is 18.7 Å². The van der Waals surface area contributed by atoms with Crippen LogP contribution in [0.2, 0.25) is 0 Å². The van der Waals surface area contributed by atoms with Gasteiger partial charge in [0.25, 0.3) is 0 Å². The van der Waals surface area contributed by atoms with Crippen molar-refractivity contribution in [3.63, 3.8) is 0 Å². The van der Waals surface area contributed by atoms with Gasteiger partial charge in [0.2, 0.25) is 0 Å². The zero-order valence-corrected chi connectivity index (χ0v) is 12.3. The van der Waals surface area contributed by atoms with Gasteiger partial charge in [0, 0.05) is 36.9 Å². The molecule has 104 valence electrons. The van der Waals surface area contributed by atoms with Crippen LogP contribution in [0.25, 0.3) is 0 Å². The van der Waals surface area contributed by atoms with Crippen molar-refractivity contribution in [2.75, 3.05) is 19.6 Å². The molecule has 0 radical (unpaired) electrons. The fourth-order valence-corrected chi connectivity index (χ4v) is 2.16. The zero-order chi connectivity index (χ0) is 13.6. The molecule has 0 bridgehead atoms. The second-order valence-electron chi connectivity index (χ2n) is 5.68. The number of imidazole rings is 1. The van der Waals surface area contributed by atoms with Crippen LogP contribution in [0.3, 0.4) is 0 Å². The summed E-state index contributed by atoms with van der Waals surface area (Å²) in [5, 5.41) is 0. The predicted octanol–water partition coefficient (Wildman–Crippen LogP) is 1.89. The van der Waals surface area contributed by atoms with Gasteiger partial charge in [-0.25, -0.2) is 4.98 Å². The average molecular weight is 252 g/mol. The Bertz CT molecular complexity index is 338. The highest BCUT2D eigenvalue weighted by atomic mass is 15.2. The van der Waals surface area contributed by atoms with Crippen molar-refractivity contribution in [2.24, 2.45) is 5.73 Å². The molecule has 1 aromatic heterocycles. The molecule has 0 saturated heterocycles. The molecule has 4 heteroatoms. The molecule has 0 fully saturated rings. The Balaban J connectivity index is 2.54. The third-order valence-corrected chi connectivity index (χ3v) is 3.08. The first kappa shape index (κ1) is 15.2. The standard InChI is InChI=1S/C14H28N4/c1-5-7-17(6-2)8-9-18-12-16-11-13(18)10-14(3,4)15/h11-12H,5-10,15H2,1-4H3. The number of likely N-dealkylation sites (N-methyl/N-ethyl adjacent to an activating group) is 1. The van der Waals surface area contributed by atoms with Crippen molar-refractivity contribution in [1.82, 2.24) is 14.5 Å². The van der Waals surface area contributed by atoms with Gasteiger partial charge < -0.3 is 15.2 Å². The number of aromatic nitrogens is 2. The highest BCUT2D eigenvalue weighted by Gasteiger charge is 2.15. The van der Waals surface area contributed by atoms with Crippen LogP contribution < -0.4 is 5.73 Å². The lowest BCUT2D eigenvalue weighted by atomic mass is 10.0. The van der Waals surface area contributed by atoms with Crippen molar-refractivity contribution in [3.8, 4) is 0 Å². The van der Waals surface area contributed by atoms with E-state index in [2.05, 4.69) is 42.1 Å². The molecule has 0 amide bonds. The van der Waals surface area contributed by atoms with Crippen LogP contribution in [0.5, 0.6) is 0 Å². The van der Waals surface area contributed by atoms with Crippen LogP contribution in [-0.2, 0) is 13.0 Å².